The molecule has 2 amide bonds. The summed E-state index contributed by atoms with van der Waals surface area (Å²) in [7, 11) is 1.47. The molecule has 2 unspecified atom stereocenters. The van der Waals surface area contributed by atoms with E-state index in [0.717, 1.165) is 0 Å². The number of allylic oxidation sites excluding steroid dienone is 1. The molecular weight excluding hydrogens is 582 g/mol. The smallest absolute Gasteiger partial charge is 0.345 e. The first-order chi connectivity index (χ1) is 20.1. The number of methoxy groups -OCH3 is 1. The van der Waals surface area contributed by atoms with Crippen molar-refractivity contribution in [3.05, 3.63) is 40.9 Å². The lowest BCUT2D eigenvalue weighted by Gasteiger charge is -2.27. The van der Waals surface area contributed by atoms with Crippen molar-refractivity contribution in [2.24, 2.45) is 17.1 Å². The summed E-state index contributed by atoms with van der Waals surface area (Å²) in [4.78, 5) is 61.6. The molecular formula is C30H44ClN3O9. The number of carbonyl (C=O) groups is 5. The van der Waals surface area contributed by atoms with Gasteiger partial charge in [0.15, 0.2) is 6.10 Å². The number of hydrogen-bond donors (Lipinski definition) is 4. The average molecular weight is 626 g/mol. The van der Waals surface area contributed by atoms with Crippen molar-refractivity contribution in [1.82, 2.24) is 10.6 Å². The van der Waals surface area contributed by atoms with Gasteiger partial charge in [-0.2, -0.15) is 0 Å². The molecule has 0 aliphatic heterocycles. The van der Waals surface area contributed by atoms with Crippen LogP contribution in [-0.4, -0.2) is 73.3 Å². The minimum absolute atomic E-state index is 0.0151. The summed E-state index contributed by atoms with van der Waals surface area (Å²) in [6.07, 6.45) is 2.30. The number of aliphatic carboxylic acids is 1. The Hall–Kier alpha value is -3.64. The molecule has 0 saturated carbocycles. The highest BCUT2D eigenvalue weighted by atomic mass is 35.5. The molecule has 0 radical (unpaired) electrons. The molecule has 0 aliphatic carbocycles. The van der Waals surface area contributed by atoms with Crippen LogP contribution in [0.25, 0.3) is 0 Å². The summed E-state index contributed by atoms with van der Waals surface area (Å²) in [6.45, 7) is 7.99. The monoisotopic (exact) mass is 625 g/mol. The fraction of sp³-hybridized carbons (Fsp3) is 0.567. The third kappa shape index (κ3) is 13.9. The minimum atomic E-state index is -1.31. The molecule has 0 aromatic heterocycles. The van der Waals surface area contributed by atoms with Gasteiger partial charge >= 0.3 is 17.9 Å². The van der Waals surface area contributed by atoms with Crippen molar-refractivity contribution in [3.63, 3.8) is 0 Å². The summed E-state index contributed by atoms with van der Waals surface area (Å²) in [6, 6.07) is 3.92. The maximum atomic E-state index is 13.3. The van der Waals surface area contributed by atoms with Gasteiger partial charge in [-0.05, 0) is 69.7 Å². The number of carboxylic acids is 1. The van der Waals surface area contributed by atoms with Gasteiger partial charge < -0.3 is 35.7 Å². The lowest BCUT2D eigenvalue weighted by atomic mass is 9.93. The lowest BCUT2D eigenvalue weighted by Crippen LogP contribution is -2.51. The first-order valence-corrected chi connectivity index (χ1v) is 14.4. The van der Waals surface area contributed by atoms with Gasteiger partial charge in [-0.25, -0.2) is 4.79 Å². The SMILES string of the molecule is COc1ccc(C[C@@H](NC(=O)/C=C/CCC(C)OC(=O)CN)C(=O)NCC(C)(C)C(=O)OC(CC(C)C)C(=O)O)cc1Cl. The van der Waals surface area contributed by atoms with Crippen LogP contribution in [0, 0.1) is 11.3 Å². The number of carboxylic acid groups (broad SMARTS) is 1. The number of amides is 2. The molecule has 0 aliphatic rings. The van der Waals surface area contributed by atoms with Crippen molar-refractivity contribution < 1.29 is 43.3 Å². The van der Waals surface area contributed by atoms with E-state index in [9.17, 15) is 29.1 Å². The van der Waals surface area contributed by atoms with Gasteiger partial charge in [0.25, 0.3) is 0 Å². The Morgan fingerprint density at radius 2 is 1.79 bits per heavy atom. The van der Waals surface area contributed by atoms with Crippen LogP contribution >= 0.6 is 11.6 Å². The number of ether oxygens (including phenoxy) is 3. The van der Waals surface area contributed by atoms with Crippen molar-refractivity contribution in [2.45, 2.75) is 78.6 Å². The van der Waals surface area contributed by atoms with E-state index >= 15 is 0 Å². The normalized spacial score (nSPS) is 13.6. The Labute approximate surface area is 257 Å². The second-order valence-corrected chi connectivity index (χ2v) is 11.6. The fourth-order valence-corrected chi connectivity index (χ4v) is 4.05. The molecule has 13 heteroatoms. The fourth-order valence-electron chi connectivity index (χ4n) is 3.77. The molecule has 43 heavy (non-hydrogen) atoms. The Bertz CT molecular complexity index is 1150. The summed E-state index contributed by atoms with van der Waals surface area (Å²) < 4.78 is 15.5. The predicted octanol–water partition coefficient (Wildman–Crippen LogP) is 2.79. The number of carbonyl (C=O) groups excluding carboxylic acids is 4. The zero-order valence-corrected chi connectivity index (χ0v) is 26.4. The topological polar surface area (TPSA) is 183 Å². The van der Waals surface area contributed by atoms with Crippen LogP contribution in [0.15, 0.2) is 30.4 Å². The number of esters is 2. The second kappa shape index (κ2) is 18.1. The van der Waals surface area contributed by atoms with Gasteiger partial charge in [0.05, 0.1) is 30.2 Å². The molecule has 12 nitrogen and oxygen atoms in total. The van der Waals surface area contributed by atoms with Crippen LogP contribution in [0.5, 0.6) is 5.75 Å². The minimum Gasteiger partial charge on any atom is -0.495 e. The summed E-state index contributed by atoms with van der Waals surface area (Å²) in [5.74, 6) is -3.23. The van der Waals surface area contributed by atoms with Crippen molar-refractivity contribution in [2.75, 3.05) is 20.2 Å². The molecule has 0 spiro atoms. The third-order valence-electron chi connectivity index (χ3n) is 6.26. The van der Waals surface area contributed by atoms with Gasteiger partial charge in [0.1, 0.15) is 11.8 Å². The van der Waals surface area contributed by atoms with Gasteiger partial charge in [-0.1, -0.05) is 37.6 Å². The van der Waals surface area contributed by atoms with Crippen LogP contribution in [0.3, 0.4) is 0 Å². The van der Waals surface area contributed by atoms with Crippen LogP contribution < -0.4 is 21.1 Å². The van der Waals surface area contributed by atoms with Crippen LogP contribution in [-0.2, 0) is 39.9 Å². The van der Waals surface area contributed by atoms with Gasteiger partial charge in [-0.15, -0.1) is 0 Å². The zero-order valence-electron chi connectivity index (χ0n) is 25.6. The molecule has 1 aromatic carbocycles. The Morgan fingerprint density at radius 1 is 1.12 bits per heavy atom. The zero-order chi connectivity index (χ0) is 32.7. The number of halogens is 1. The van der Waals surface area contributed by atoms with Gasteiger partial charge in [0.2, 0.25) is 11.8 Å². The van der Waals surface area contributed by atoms with E-state index in [4.69, 9.17) is 31.5 Å². The van der Waals surface area contributed by atoms with Crippen molar-refractivity contribution in [1.29, 1.82) is 0 Å². The molecule has 5 N–H and O–H groups in total. The Kier molecular flexibility index (Phi) is 15.8. The van der Waals surface area contributed by atoms with E-state index < -0.39 is 47.3 Å². The predicted molar refractivity (Wildman–Crippen MR) is 160 cm³/mol. The van der Waals surface area contributed by atoms with Crippen LogP contribution in [0.2, 0.25) is 5.02 Å². The Balaban J connectivity index is 2.97. The van der Waals surface area contributed by atoms with E-state index in [1.54, 1.807) is 31.2 Å². The number of rotatable bonds is 18. The molecule has 3 atom stereocenters. The van der Waals surface area contributed by atoms with Crippen LogP contribution in [0.4, 0.5) is 0 Å². The van der Waals surface area contributed by atoms with Gasteiger partial charge in [-0.3, -0.25) is 19.2 Å². The summed E-state index contributed by atoms with van der Waals surface area (Å²) in [5.41, 5.74) is 4.62. The van der Waals surface area contributed by atoms with Crippen LogP contribution in [0.1, 0.15) is 59.4 Å². The molecule has 0 bridgehead atoms. The highest BCUT2D eigenvalue weighted by Gasteiger charge is 2.35. The maximum absolute atomic E-state index is 13.3. The maximum Gasteiger partial charge on any atom is 0.345 e. The summed E-state index contributed by atoms with van der Waals surface area (Å²) in [5, 5.41) is 15.1. The molecule has 240 valence electrons. The third-order valence-corrected chi connectivity index (χ3v) is 6.56. The summed E-state index contributed by atoms with van der Waals surface area (Å²) >= 11 is 6.24. The first kappa shape index (κ1) is 37.4. The highest BCUT2D eigenvalue weighted by Crippen LogP contribution is 2.25. The number of nitrogens with one attached hydrogen (secondary N) is 2. The lowest BCUT2D eigenvalue weighted by molar-refractivity contribution is -0.171. The number of benzene rings is 1. The number of hydrogen-bond acceptors (Lipinski definition) is 9. The van der Waals surface area contributed by atoms with E-state index in [2.05, 4.69) is 10.6 Å². The van der Waals surface area contributed by atoms with E-state index in [-0.39, 0.29) is 38.0 Å². The van der Waals surface area contributed by atoms with Crippen molar-refractivity contribution in [3.8, 4) is 5.75 Å². The number of nitrogens with two attached hydrogens (primary N) is 1. The van der Waals surface area contributed by atoms with Crippen molar-refractivity contribution >= 4 is 41.3 Å². The van der Waals surface area contributed by atoms with Gasteiger partial charge in [0, 0.05) is 13.0 Å². The molecule has 1 rings (SSSR count). The molecule has 0 saturated heterocycles. The quantitative estimate of drug-likeness (QED) is 0.140. The molecule has 0 fully saturated rings. The van der Waals surface area contributed by atoms with E-state index in [1.807, 2.05) is 13.8 Å². The molecule has 0 heterocycles. The highest BCUT2D eigenvalue weighted by molar-refractivity contribution is 6.32. The van der Waals surface area contributed by atoms with E-state index in [1.165, 1.54) is 27.0 Å². The average Bonchev–Trinajstić information content (AvgIpc) is 2.93. The van der Waals surface area contributed by atoms with E-state index in [0.29, 0.717) is 29.2 Å². The first-order valence-electron chi connectivity index (χ1n) is 14.0. The Morgan fingerprint density at radius 3 is 2.35 bits per heavy atom. The second-order valence-electron chi connectivity index (χ2n) is 11.2. The largest absolute Gasteiger partial charge is 0.495 e. The molecule has 1 aromatic rings. The standard InChI is InChI=1S/C30H44ClN3O9/c1-18(2)13-24(28(38)39)43-29(40)30(4,5)17-33-27(37)22(15-20-11-12-23(41-6)21(31)14-20)34-25(35)10-8-7-9-19(3)42-26(36)16-32/h8,10-12,14,18-19,22,24H,7,9,13,15-17,32H2,1-6H3,(H,33,37)(H,34,35)(H,38,39)/b10-8+/t19?,22-,24?/m1/s1.